The van der Waals surface area contributed by atoms with E-state index in [4.69, 9.17) is 9.57 Å². The lowest BCUT2D eigenvalue weighted by Crippen LogP contribution is -2.32. The van der Waals surface area contributed by atoms with Crippen LogP contribution < -0.4 is 4.74 Å². The molecule has 2 amide bonds. The van der Waals surface area contributed by atoms with E-state index in [1.165, 1.54) is 24.6 Å². The van der Waals surface area contributed by atoms with Crippen LogP contribution in [0.3, 0.4) is 0 Å². The second kappa shape index (κ2) is 4.98. The molecule has 0 atom stereocenters. The Bertz CT molecular complexity index is 720. The highest BCUT2D eigenvalue weighted by atomic mass is 32.1. The molecule has 21 heavy (non-hydrogen) atoms. The maximum absolute atomic E-state index is 12.1. The average molecular weight is 304 g/mol. The van der Waals surface area contributed by atoms with Crippen molar-refractivity contribution in [1.29, 1.82) is 0 Å². The van der Waals surface area contributed by atoms with Gasteiger partial charge in [0.1, 0.15) is 5.56 Å². The van der Waals surface area contributed by atoms with Crippen molar-refractivity contribution in [3.05, 3.63) is 46.3 Å². The van der Waals surface area contributed by atoms with E-state index in [1.807, 2.05) is 0 Å². The number of carbonyl (C=O) groups is 3. The van der Waals surface area contributed by atoms with Crippen molar-refractivity contribution in [3.63, 3.8) is 0 Å². The molecule has 7 nitrogen and oxygen atoms in total. The number of fused-ring (bicyclic) bond motifs is 1. The van der Waals surface area contributed by atoms with Crippen LogP contribution in [0.1, 0.15) is 31.1 Å². The van der Waals surface area contributed by atoms with Crippen LogP contribution in [0.5, 0.6) is 5.88 Å². The quantitative estimate of drug-likeness (QED) is 0.799. The van der Waals surface area contributed by atoms with Crippen LogP contribution in [-0.4, -0.2) is 34.3 Å². The Morgan fingerprint density at radius 1 is 1.19 bits per heavy atom. The number of amides is 2. The van der Waals surface area contributed by atoms with E-state index in [0.717, 1.165) is 11.5 Å². The van der Waals surface area contributed by atoms with Gasteiger partial charge in [0.2, 0.25) is 5.88 Å². The number of carbonyl (C=O) groups excluding carboxylic acids is 3. The SMILES string of the molecule is COc1nscc1C(=O)ON1C(=O)c2ccccc2C1=O. The largest absolute Gasteiger partial charge is 0.480 e. The molecule has 0 fully saturated rings. The molecule has 0 N–H and O–H groups in total. The minimum atomic E-state index is -0.880. The van der Waals surface area contributed by atoms with Crippen molar-refractivity contribution in [3.8, 4) is 5.88 Å². The van der Waals surface area contributed by atoms with Crippen LogP contribution in [0.4, 0.5) is 0 Å². The Kier molecular flexibility index (Phi) is 3.15. The Labute approximate surface area is 122 Å². The van der Waals surface area contributed by atoms with Crippen molar-refractivity contribution >= 4 is 29.3 Å². The van der Waals surface area contributed by atoms with Gasteiger partial charge in [0.15, 0.2) is 0 Å². The van der Waals surface area contributed by atoms with E-state index < -0.39 is 17.8 Å². The number of imide groups is 1. The highest BCUT2D eigenvalue weighted by Crippen LogP contribution is 2.25. The smallest absolute Gasteiger partial charge is 0.370 e. The molecule has 0 aliphatic carbocycles. The third-order valence-electron chi connectivity index (χ3n) is 2.88. The number of hydrogen-bond acceptors (Lipinski definition) is 7. The summed E-state index contributed by atoms with van der Waals surface area (Å²) < 4.78 is 8.73. The van der Waals surface area contributed by atoms with Crippen molar-refractivity contribution in [1.82, 2.24) is 9.44 Å². The molecule has 0 bridgehead atoms. The van der Waals surface area contributed by atoms with Gasteiger partial charge >= 0.3 is 5.97 Å². The summed E-state index contributed by atoms with van der Waals surface area (Å²) in [6.07, 6.45) is 0. The molecule has 3 rings (SSSR count). The van der Waals surface area contributed by atoms with Gasteiger partial charge in [0.25, 0.3) is 11.8 Å². The second-order valence-electron chi connectivity index (χ2n) is 4.07. The molecule has 0 radical (unpaired) electrons. The van der Waals surface area contributed by atoms with Crippen LogP contribution in [0.25, 0.3) is 0 Å². The fourth-order valence-electron chi connectivity index (χ4n) is 1.89. The van der Waals surface area contributed by atoms with Gasteiger partial charge in [-0.05, 0) is 23.7 Å². The fraction of sp³-hybridized carbons (Fsp3) is 0.0769. The normalized spacial score (nSPS) is 13.3. The minimum Gasteiger partial charge on any atom is -0.480 e. The summed E-state index contributed by atoms with van der Waals surface area (Å²) in [5, 5.41) is 1.86. The number of nitrogens with zero attached hydrogens (tertiary/aromatic N) is 2. The van der Waals surface area contributed by atoms with Gasteiger partial charge in [-0.25, -0.2) is 4.79 Å². The summed E-state index contributed by atoms with van der Waals surface area (Å²) in [6, 6.07) is 6.24. The first-order valence-electron chi connectivity index (χ1n) is 5.82. The van der Waals surface area contributed by atoms with Gasteiger partial charge in [-0.1, -0.05) is 17.2 Å². The number of rotatable bonds is 3. The zero-order chi connectivity index (χ0) is 15.0. The van der Waals surface area contributed by atoms with Gasteiger partial charge in [-0.2, -0.15) is 4.37 Å². The van der Waals surface area contributed by atoms with E-state index in [2.05, 4.69) is 4.37 Å². The Morgan fingerprint density at radius 3 is 2.38 bits per heavy atom. The third kappa shape index (κ3) is 2.05. The van der Waals surface area contributed by atoms with Crippen LogP contribution in [0, 0.1) is 0 Å². The summed E-state index contributed by atoms with van der Waals surface area (Å²) in [5.41, 5.74) is 0.454. The molecule has 0 spiro atoms. The molecule has 106 valence electrons. The lowest BCUT2D eigenvalue weighted by atomic mass is 10.1. The predicted octanol–water partition coefficient (Wildman–Crippen LogP) is 1.52. The van der Waals surface area contributed by atoms with E-state index in [0.29, 0.717) is 5.06 Å². The second-order valence-corrected chi connectivity index (χ2v) is 4.70. The maximum atomic E-state index is 12.1. The fourth-order valence-corrected chi connectivity index (χ4v) is 2.52. The number of benzene rings is 1. The Balaban J connectivity index is 1.86. The van der Waals surface area contributed by atoms with Crippen molar-refractivity contribution in [2.75, 3.05) is 7.11 Å². The molecule has 1 aromatic carbocycles. The number of aromatic nitrogens is 1. The number of methoxy groups -OCH3 is 1. The molecule has 0 unspecified atom stereocenters. The first-order valence-corrected chi connectivity index (χ1v) is 6.65. The monoisotopic (exact) mass is 304 g/mol. The summed E-state index contributed by atoms with van der Waals surface area (Å²) in [5.74, 6) is -2.14. The van der Waals surface area contributed by atoms with Crippen molar-refractivity contribution in [2.45, 2.75) is 0 Å². The van der Waals surface area contributed by atoms with Gasteiger partial charge in [0, 0.05) is 5.38 Å². The van der Waals surface area contributed by atoms with E-state index in [9.17, 15) is 14.4 Å². The Hall–Kier alpha value is -2.74. The molecule has 0 saturated carbocycles. The van der Waals surface area contributed by atoms with Crippen LogP contribution in [0.15, 0.2) is 29.6 Å². The highest BCUT2D eigenvalue weighted by molar-refractivity contribution is 7.04. The van der Waals surface area contributed by atoms with Crippen LogP contribution in [0.2, 0.25) is 0 Å². The number of hydrogen-bond donors (Lipinski definition) is 0. The summed E-state index contributed by atoms with van der Waals surface area (Å²) in [7, 11) is 1.36. The van der Waals surface area contributed by atoms with E-state index in [-0.39, 0.29) is 22.6 Å². The molecule has 2 heterocycles. The van der Waals surface area contributed by atoms with Gasteiger partial charge in [-0.3, -0.25) is 9.59 Å². The molecule has 1 aliphatic heterocycles. The molecule has 2 aromatic rings. The minimum absolute atomic E-state index is 0.0547. The van der Waals surface area contributed by atoms with Crippen molar-refractivity contribution in [2.24, 2.45) is 0 Å². The zero-order valence-electron chi connectivity index (χ0n) is 10.7. The third-order valence-corrected chi connectivity index (χ3v) is 3.49. The van der Waals surface area contributed by atoms with Gasteiger partial charge in [-0.15, -0.1) is 0 Å². The molecule has 1 aliphatic rings. The van der Waals surface area contributed by atoms with Crippen LogP contribution in [-0.2, 0) is 4.84 Å². The molecule has 0 saturated heterocycles. The Morgan fingerprint density at radius 2 is 1.81 bits per heavy atom. The first kappa shape index (κ1) is 13.3. The van der Waals surface area contributed by atoms with E-state index >= 15 is 0 Å². The molecular weight excluding hydrogens is 296 g/mol. The van der Waals surface area contributed by atoms with Gasteiger partial charge in [0.05, 0.1) is 18.2 Å². The first-order chi connectivity index (χ1) is 10.1. The number of ether oxygens (including phenoxy) is 1. The maximum Gasteiger partial charge on any atom is 0.370 e. The predicted molar refractivity (Wildman–Crippen MR) is 71.0 cm³/mol. The highest BCUT2D eigenvalue weighted by Gasteiger charge is 2.39. The lowest BCUT2D eigenvalue weighted by Gasteiger charge is -2.12. The van der Waals surface area contributed by atoms with Crippen LogP contribution >= 0.6 is 11.5 Å². The summed E-state index contributed by atoms with van der Waals surface area (Å²) >= 11 is 1.00. The number of hydroxylamine groups is 2. The molecule has 1 aromatic heterocycles. The summed E-state index contributed by atoms with van der Waals surface area (Å²) in [4.78, 5) is 41.0. The zero-order valence-corrected chi connectivity index (χ0v) is 11.5. The van der Waals surface area contributed by atoms with Gasteiger partial charge < -0.3 is 9.57 Å². The van der Waals surface area contributed by atoms with E-state index in [1.54, 1.807) is 12.1 Å². The summed E-state index contributed by atoms with van der Waals surface area (Å²) in [6.45, 7) is 0. The average Bonchev–Trinajstić information content (AvgIpc) is 3.07. The standard InChI is InChI=1S/C13H8N2O5S/c1-19-10-9(6-21-14-10)13(18)20-15-11(16)7-4-2-3-5-8(7)12(15)17/h2-6H,1H3. The van der Waals surface area contributed by atoms with Crippen molar-refractivity contribution < 1.29 is 24.0 Å². The lowest BCUT2D eigenvalue weighted by molar-refractivity contribution is -0.0586. The topological polar surface area (TPSA) is 85.8 Å². The molecular formula is C13H8N2O5S. The molecule has 8 heteroatoms.